The minimum absolute atomic E-state index is 0.0543. The molecule has 110 valence electrons. The molecule has 0 aromatic carbocycles. The lowest BCUT2D eigenvalue weighted by atomic mass is 9.95. The van der Waals surface area contributed by atoms with E-state index < -0.39 is 5.54 Å². The van der Waals surface area contributed by atoms with Crippen molar-refractivity contribution < 1.29 is 14.4 Å². The molecule has 1 saturated carbocycles. The van der Waals surface area contributed by atoms with Crippen molar-refractivity contribution in [2.24, 2.45) is 5.92 Å². The monoisotopic (exact) mass is 279 g/mol. The third-order valence-corrected chi connectivity index (χ3v) is 4.61. The van der Waals surface area contributed by atoms with E-state index in [9.17, 15) is 14.4 Å². The molecule has 0 aromatic heterocycles. The van der Waals surface area contributed by atoms with E-state index in [1.807, 2.05) is 4.90 Å². The average Bonchev–Trinajstić information content (AvgIpc) is 3.15. The quantitative estimate of drug-likeness (QED) is 0.757. The second-order valence-electron chi connectivity index (χ2n) is 6.48. The van der Waals surface area contributed by atoms with Crippen LogP contribution >= 0.6 is 0 Å². The molecule has 0 radical (unpaired) electrons. The highest BCUT2D eigenvalue weighted by molar-refractivity contribution is 5.95. The van der Waals surface area contributed by atoms with Crippen LogP contribution in [0, 0.1) is 5.92 Å². The summed E-state index contributed by atoms with van der Waals surface area (Å²) < 4.78 is 0. The van der Waals surface area contributed by atoms with Crippen LogP contribution in [0.25, 0.3) is 0 Å². The average molecular weight is 279 g/mol. The number of rotatable bonds is 2. The molecule has 0 bridgehead atoms. The zero-order valence-corrected chi connectivity index (χ0v) is 12.0. The topological polar surface area (TPSA) is 69.7 Å². The van der Waals surface area contributed by atoms with Gasteiger partial charge in [-0.3, -0.25) is 14.4 Å². The molecule has 20 heavy (non-hydrogen) atoms. The number of nitrogens with zero attached hydrogens (tertiary/aromatic N) is 2. The summed E-state index contributed by atoms with van der Waals surface area (Å²) in [5.74, 6) is -0.375. The predicted octanol–water partition coefficient (Wildman–Crippen LogP) is -0.266. The summed E-state index contributed by atoms with van der Waals surface area (Å²) >= 11 is 0. The van der Waals surface area contributed by atoms with Crippen LogP contribution in [0.5, 0.6) is 0 Å². The lowest BCUT2D eigenvalue weighted by Crippen LogP contribution is -2.64. The molecule has 6 nitrogen and oxygen atoms in total. The van der Waals surface area contributed by atoms with E-state index in [0.717, 1.165) is 12.8 Å². The number of amides is 3. The molecule has 1 N–H and O–H groups in total. The maximum Gasteiger partial charge on any atom is 0.245 e. The largest absolute Gasteiger partial charge is 0.352 e. The van der Waals surface area contributed by atoms with Gasteiger partial charge in [0.05, 0.1) is 5.92 Å². The van der Waals surface area contributed by atoms with Crippen LogP contribution in [0.3, 0.4) is 0 Å². The van der Waals surface area contributed by atoms with Crippen molar-refractivity contribution in [3.8, 4) is 0 Å². The van der Waals surface area contributed by atoms with E-state index in [4.69, 9.17) is 0 Å². The van der Waals surface area contributed by atoms with Gasteiger partial charge in [0, 0.05) is 32.1 Å². The zero-order chi connectivity index (χ0) is 14.5. The Hall–Kier alpha value is -1.59. The Kier molecular flexibility index (Phi) is 2.99. The summed E-state index contributed by atoms with van der Waals surface area (Å²) in [6.45, 7) is 5.05. The Morgan fingerprint density at radius 2 is 2.00 bits per heavy atom. The molecule has 0 spiro atoms. The van der Waals surface area contributed by atoms with Crippen molar-refractivity contribution >= 4 is 17.7 Å². The molecule has 2 heterocycles. The molecular weight excluding hydrogens is 258 g/mol. The standard InChI is InChI=1S/C14H21N3O3/c1-14(2)13(20)15-5-6-17(14)12(19)9-7-11(18)16(8-9)10-3-4-10/h9-10H,3-8H2,1-2H3,(H,15,20). The molecule has 3 aliphatic rings. The summed E-state index contributed by atoms with van der Waals surface area (Å²) in [5.41, 5.74) is -0.828. The lowest BCUT2D eigenvalue weighted by molar-refractivity contribution is -0.151. The van der Waals surface area contributed by atoms with Crippen molar-refractivity contribution in [1.82, 2.24) is 15.1 Å². The van der Waals surface area contributed by atoms with Crippen LogP contribution in [0.2, 0.25) is 0 Å². The van der Waals surface area contributed by atoms with Crippen molar-refractivity contribution in [1.29, 1.82) is 0 Å². The maximum atomic E-state index is 12.7. The highest BCUT2D eigenvalue weighted by Gasteiger charge is 2.47. The van der Waals surface area contributed by atoms with Gasteiger partial charge in [-0.2, -0.15) is 0 Å². The van der Waals surface area contributed by atoms with Crippen molar-refractivity contribution in [2.75, 3.05) is 19.6 Å². The lowest BCUT2D eigenvalue weighted by Gasteiger charge is -2.42. The minimum atomic E-state index is -0.828. The molecule has 0 aromatic rings. The van der Waals surface area contributed by atoms with Gasteiger partial charge in [0.1, 0.15) is 5.54 Å². The van der Waals surface area contributed by atoms with Gasteiger partial charge in [-0.05, 0) is 26.7 Å². The molecular formula is C14H21N3O3. The Labute approximate surface area is 118 Å². The number of nitrogens with one attached hydrogen (secondary N) is 1. The van der Waals surface area contributed by atoms with Crippen LogP contribution in [0.1, 0.15) is 33.1 Å². The second-order valence-corrected chi connectivity index (χ2v) is 6.48. The minimum Gasteiger partial charge on any atom is -0.352 e. The van der Waals surface area contributed by atoms with Crippen molar-refractivity contribution in [3.63, 3.8) is 0 Å². The normalized spacial score (nSPS) is 29.6. The molecule has 3 rings (SSSR count). The number of carbonyl (C=O) groups is 3. The maximum absolute atomic E-state index is 12.7. The van der Waals surface area contributed by atoms with Gasteiger partial charge >= 0.3 is 0 Å². The van der Waals surface area contributed by atoms with Gasteiger partial charge in [0.15, 0.2) is 0 Å². The van der Waals surface area contributed by atoms with Gasteiger partial charge in [0.2, 0.25) is 17.7 Å². The van der Waals surface area contributed by atoms with Gasteiger partial charge < -0.3 is 15.1 Å². The fourth-order valence-corrected chi connectivity index (χ4v) is 3.14. The molecule has 3 fully saturated rings. The SMILES string of the molecule is CC1(C)C(=O)NCCN1C(=O)C1CC(=O)N(C2CC2)C1. The first kappa shape index (κ1) is 13.4. The van der Waals surface area contributed by atoms with E-state index in [1.165, 1.54) is 0 Å². The van der Waals surface area contributed by atoms with Crippen LogP contribution in [0.15, 0.2) is 0 Å². The van der Waals surface area contributed by atoms with E-state index in [0.29, 0.717) is 32.1 Å². The highest BCUT2D eigenvalue weighted by atomic mass is 16.2. The molecule has 1 aliphatic carbocycles. The van der Waals surface area contributed by atoms with E-state index in [2.05, 4.69) is 5.32 Å². The second kappa shape index (κ2) is 4.46. The van der Waals surface area contributed by atoms with Gasteiger partial charge in [-0.25, -0.2) is 0 Å². The first-order chi connectivity index (χ1) is 9.41. The van der Waals surface area contributed by atoms with E-state index >= 15 is 0 Å². The summed E-state index contributed by atoms with van der Waals surface area (Å²) in [7, 11) is 0. The summed E-state index contributed by atoms with van der Waals surface area (Å²) in [5, 5.41) is 2.78. The summed E-state index contributed by atoms with van der Waals surface area (Å²) in [6, 6.07) is 0.359. The first-order valence-electron chi connectivity index (χ1n) is 7.30. The van der Waals surface area contributed by atoms with Crippen LogP contribution in [-0.2, 0) is 14.4 Å². The Morgan fingerprint density at radius 1 is 1.30 bits per heavy atom. The van der Waals surface area contributed by atoms with Crippen molar-refractivity contribution in [2.45, 2.75) is 44.7 Å². The number of piperazine rings is 1. The third kappa shape index (κ3) is 2.07. The van der Waals surface area contributed by atoms with Crippen LogP contribution < -0.4 is 5.32 Å². The Bertz CT molecular complexity index is 470. The number of carbonyl (C=O) groups excluding carboxylic acids is 3. The molecule has 2 saturated heterocycles. The first-order valence-corrected chi connectivity index (χ1v) is 7.30. The van der Waals surface area contributed by atoms with E-state index in [-0.39, 0.29) is 23.6 Å². The fraction of sp³-hybridized carbons (Fsp3) is 0.786. The number of likely N-dealkylation sites (tertiary alicyclic amines) is 1. The van der Waals surface area contributed by atoms with Gasteiger partial charge in [-0.15, -0.1) is 0 Å². The smallest absolute Gasteiger partial charge is 0.245 e. The van der Waals surface area contributed by atoms with E-state index in [1.54, 1.807) is 18.7 Å². The predicted molar refractivity (Wildman–Crippen MR) is 71.6 cm³/mol. The zero-order valence-electron chi connectivity index (χ0n) is 12.0. The highest BCUT2D eigenvalue weighted by Crippen LogP contribution is 2.34. The molecule has 6 heteroatoms. The molecule has 1 unspecified atom stereocenters. The van der Waals surface area contributed by atoms with Gasteiger partial charge in [0.25, 0.3) is 0 Å². The van der Waals surface area contributed by atoms with Gasteiger partial charge in [-0.1, -0.05) is 0 Å². The number of hydrogen-bond acceptors (Lipinski definition) is 3. The third-order valence-electron chi connectivity index (χ3n) is 4.61. The van der Waals surface area contributed by atoms with Crippen LogP contribution in [-0.4, -0.2) is 58.7 Å². The number of hydrogen-bond donors (Lipinski definition) is 1. The Morgan fingerprint density at radius 3 is 2.65 bits per heavy atom. The van der Waals surface area contributed by atoms with Crippen molar-refractivity contribution in [3.05, 3.63) is 0 Å². The summed E-state index contributed by atoms with van der Waals surface area (Å²) in [4.78, 5) is 40.0. The Balaban J connectivity index is 1.72. The van der Waals surface area contributed by atoms with Crippen LogP contribution in [0.4, 0.5) is 0 Å². The summed E-state index contributed by atoms with van der Waals surface area (Å²) in [6.07, 6.45) is 2.41. The molecule has 3 amide bonds. The molecule has 2 aliphatic heterocycles. The molecule has 1 atom stereocenters. The fourth-order valence-electron chi connectivity index (χ4n) is 3.14.